The van der Waals surface area contributed by atoms with Gasteiger partial charge in [-0.25, -0.2) is 0 Å². The minimum atomic E-state index is 0.396. The first-order valence-electron chi connectivity index (χ1n) is 5.49. The normalized spacial score (nSPS) is 10.7. The standard InChI is InChI=1S/C12H14BrN3OS/c1-7-4-9(13)5-8(2)11(7)17-6-10-14-15-12(18)16(10)3/h4-5H,6H2,1-3H3,(H,15,18). The van der Waals surface area contributed by atoms with E-state index in [4.69, 9.17) is 17.0 Å². The van der Waals surface area contributed by atoms with Crippen molar-refractivity contribution in [3.63, 3.8) is 0 Å². The molecule has 0 aliphatic rings. The van der Waals surface area contributed by atoms with E-state index >= 15 is 0 Å². The van der Waals surface area contributed by atoms with E-state index in [0.29, 0.717) is 11.4 Å². The molecule has 6 heteroatoms. The quantitative estimate of drug-likeness (QED) is 0.878. The van der Waals surface area contributed by atoms with Crippen molar-refractivity contribution in [1.29, 1.82) is 0 Å². The number of hydrogen-bond acceptors (Lipinski definition) is 3. The fraction of sp³-hybridized carbons (Fsp3) is 0.333. The van der Waals surface area contributed by atoms with Crippen LogP contribution in [0.1, 0.15) is 17.0 Å². The van der Waals surface area contributed by atoms with Gasteiger partial charge >= 0.3 is 0 Å². The largest absolute Gasteiger partial charge is 0.485 e. The highest BCUT2D eigenvalue weighted by molar-refractivity contribution is 9.10. The lowest BCUT2D eigenvalue weighted by atomic mass is 10.1. The second-order valence-corrected chi connectivity index (χ2v) is 5.46. The van der Waals surface area contributed by atoms with E-state index in [-0.39, 0.29) is 0 Å². The summed E-state index contributed by atoms with van der Waals surface area (Å²) in [5.74, 6) is 1.67. The van der Waals surface area contributed by atoms with E-state index in [9.17, 15) is 0 Å². The summed E-state index contributed by atoms with van der Waals surface area (Å²) in [6, 6.07) is 4.07. The van der Waals surface area contributed by atoms with Crippen molar-refractivity contribution in [2.75, 3.05) is 0 Å². The summed E-state index contributed by atoms with van der Waals surface area (Å²) in [7, 11) is 1.87. The molecule has 0 atom stereocenters. The van der Waals surface area contributed by atoms with Gasteiger partial charge in [0.15, 0.2) is 10.6 Å². The summed E-state index contributed by atoms with van der Waals surface area (Å²) >= 11 is 8.52. The third-order valence-corrected chi connectivity index (χ3v) is 3.57. The Balaban J connectivity index is 2.21. The van der Waals surface area contributed by atoms with E-state index in [0.717, 1.165) is 27.2 Å². The maximum Gasteiger partial charge on any atom is 0.194 e. The molecule has 0 saturated carbocycles. The molecule has 1 N–H and O–H groups in total. The molecule has 0 aliphatic carbocycles. The molecule has 1 aromatic carbocycles. The molecule has 96 valence electrons. The monoisotopic (exact) mass is 327 g/mol. The Kier molecular flexibility index (Phi) is 3.87. The molecule has 1 aromatic heterocycles. The Labute approximate surface area is 119 Å². The topological polar surface area (TPSA) is 42.8 Å². The zero-order valence-corrected chi connectivity index (χ0v) is 12.9. The van der Waals surface area contributed by atoms with E-state index in [2.05, 4.69) is 26.1 Å². The van der Waals surface area contributed by atoms with Crippen molar-refractivity contribution < 1.29 is 4.74 Å². The van der Waals surface area contributed by atoms with Crippen molar-refractivity contribution in [3.8, 4) is 5.75 Å². The zero-order chi connectivity index (χ0) is 13.3. The van der Waals surface area contributed by atoms with Gasteiger partial charge in [0.25, 0.3) is 0 Å². The molecule has 0 bridgehead atoms. The lowest BCUT2D eigenvalue weighted by Gasteiger charge is -2.12. The maximum absolute atomic E-state index is 5.83. The molecule has 0 spiro atoms. The second kappa shape index (κ2) is 5.24. The van der Waals surface area contributed by atoms with Gasteiger partial charge in [0.2, 0.25) is 0 Å². The minimum Gasteiger partial charge on any atom is -0.485 e. The summed E-state index contributed by atoms with van der Waals surface area (Å²) in [5.41, 5.74) is 2.19. The van der Waals surface area contributed by atoms with Crippen molar-refractivity contribution in [1.82, 2.24) is 14.8 Å². The summed E-state index contributed by atoms with van der Waals surface area (Å²) in [6.07, 6.45) is 0. The number of benzene rings is 1. The number of halogens is 1. The Bertz CT molecular complexity index is 609. The van der Waals surface area contributed by atoms with Gasteiger partial charge in [-0.15, -0.1) is 0 Å². The van der Waals surface area contributed by atoms with Crippen molar-refractivity contribution in [3.05, 3.63) is 38.3 Å². The van der Waals surface area contributed by atoms with Crippen LogP contribution in [0, 0.1) is 18.6 Å². The van der Waals surface area contributed by atoms with Crippen LogP contribution in [0.5, 0.6) is 5.75 Å². The number of rotatable bonds is 3. The average Bonchev–Trinajstić information content (AvgIpc) is 2.59. The minimum absolute atomic E-state index is 0.396. The molecule has 0 aliphatic heterocycles. The Morgan fingerprint density at radius 3 is 2.50 bits per heavy atom. The highest BCUT2D eigenvalue weighted by atomic mass is 79.9. The van der Waals surface area contributed by atoms with Crippen LogP contribution in [-0.2, 0) is 13.7 Å². The summed E-state index contributed by atoms with van der Waals surface area (Å²) in [6.45, 7) is 4.44. The van der Waals surface area contributed by atoms with Crippen LogP contribution < -0.4 is 4.74 Å². The molecule has 2 aromatic rings. The van der Waals surface area contributed by atoms with Crippen LogP contribution in [0.25, 0.3) is 0 Å². The van der Waals surface area contributed by atoms with E-state index in [1.54, 1.807) is 4.57 Å². The molecule has 0 saturated heterocycles. The zero-order valence-electron chi connectivity index (χ0n) is 10.5. The Morgan fingerprint density at radius 2 is 2.00 bits per heavy atom. The molecule has 1 heterocycles. The summed E-state index contributed by atoms with van der Waals surface area (Å²) in [5, 5.41) is 6.86. The number of aryl methyl sites for hydroxylation is 2. The molecule has 0 unspecified atom stereocenters. The van der Waals surface area contributed by atoms with Gasteiger partial charge in [0, 0.05) is 11.5 Å². The number of ether oxygens (including phenoxy) is 1. The van der Waals surface area contributed by atoms with E-state index < -0.39 is 0 Å². The van der Waals surface area contributed by atoms with Gasteiger partial charge < -0.3 is 9.30 Å². The molecular weight excluding hydrogens is 314 g/mol. The van der Waals surface area contributed by atoms with Gasteiger partial charge in [0.05, 0.1) is 0 Å². The fourth-order valence-electron chi connectivity index (χ4n) is 1.77. The molecule has 0 radical (unpaired) electrons. The first-order chi connectivity index (χ1) is 8.49. The number of hydrogen-bond donors (Lipinski definition) is 1. The number of nitrogens with zero attached hydrogens (tertiary/aromatic N) is 2. The lowest BCUT2D eigenvalue weighted by Crippen LogP contribution is -2.05. The Hall–Kier alpha value is -1.14. The van der Waals surface area contributed by atoms with Crippen LogP contribution in [0.3, 0.4) is 0 Å². The third-order valence-electron chi connectivity index (χ3n) is 2.74. The van der Waals surface area contributed by atoms with Crippen molar-refractivity contribution in [2.24, 2.45) is 7.05 Å². The highest BCUT2D eigenvalue weighted by Crippen LogP contribution is 2.27. The molecule has 0 fully saturated rings. The van der Waals surface area contributed by atoms with Crippen molar-refractivity contribution >= 4 is 28.1 Å². The maximum atomic E-state index is 5.83. The fourth-order valence-corrected chi connectivity index (χ4v) is 2.61. The molecule has 4 nitrogen and oxygen atoms in total. The first kappa shape index (κ1) is 13.3. The number of nitrogens with one attached hydrogen (secondary N) is 1. The van der Waals surface area contributed by atoms with Crippen LogP contribution in [0.15, 0.2) is 16.6 Å². The number of aromatic nitrogens is 3. The van der Waals surface area contributed by atoms with Crippen LogP contribution >= 0.6 is 28.1 Å². The highest BCUT2D eigenvalue weighted by Gasteiger charge is 2.08. The van der Waals surface area contributed by atoms with Gasteiger partial charge in [0.1, 0.15) is 12.4 Å². The Morgan fingerprint density at radius 1 is 1.39 bits per heavy atom. The first-order valence-corrected chi connectivity index (χ1v) is 6.69. The number of aromatic amines is 1. The van der Waals surface area contributed by atoms with Gasteiger partial charge in [-0.2, -0.15) is 5.10 Å². The van der Waals surface area contributed by atoms with Gasteiger partial charge in [-0.1, -0.05) is 15.9 Å². The SMILES string of the molecule is Cc1cc(Br)cc(C)c1OCc1n[nH]c(=S)n1C. The molecule has 18 heavy (non-hydrogen) atoms. The smallest absolute Gasteiger partial charge is 0.194 e. The van der Waals surface area contributed by atoms with E-state index in [1.807, 2.05) is 33.0 Å². The summed E-state index contributed by atoms with van der Waals surface area (Å²) in [4.78, 5) is 0. The molecule has 2 rings (SSSR count). The molecule has 0 amide bonds. The predicted octanol–water partition coefficient (Wildman–Crippen LogP) is 3.44. The third kappa shape index (κ3) is 2.64. The second-order valence-electron chi connectivity index (χ2n) is 4.16. The van der Waals surface area contributed by atoms with Gasteiger partial charge in [-0.05, 0) is 49.3 Å². The van der Waals surface area contributed by atoms with Crippen LogP contribution in [-0.4, -0.2) is 14.8 Å². The number of H-pyrrole nitrogens is 1. The van der Waals surface area contributed by atoms with Crippen molar-refractivity contribution in [2.45, 2.75) is 20.5 Å². The van der Waals surface area contributed by atoms with Gasteiger partial charge in [-0.3, -0.25) is 5.10 Å². The summed E-state index contributed by atoms with van der Waals surface area (Å²) < 4.78 is 9.29. The average molecular weight is 328 g/mol. The van der Waals surface area contributed by atoms with Crippen LogP contribution in [0.4, 0.5) is 0 Å². The van der Waals surface area contributed by atoms with Crippen LogP contribution in [0.2, 0.25) is 0 Å². The van der Waals surface area contributed by atoms with E-state index in [1.165, 1.54) is 0 Å². The lowest BCUT2D eigenvalue weighted by molar-refractivity contribution is 0.287. The predicted molar refractivity (Wildman–Crippen MR) is 76.3 cm³/mol. The molecular formula is C12H14BrN3OS.